The zero-order valence-corrected chi connectivity index (χ0v) is 23.4. The molecule has 14 heteroatoms. The summed E-state index contributed by atoms with van der Waals surface area (Å²) in [5.74, 6) is -2.84. The van der Waals surface area contributed by atoms with E-state index in [1.54, 1.807) is 18.2 Å². The zero-order valence-electron chi connectivity index (χ0n) is 20.3. The van der Waals surface area contributed by atoms with E-state index in [2.05, 4.69) is 20.3 Å². The van der Waals surface area contributed by atoms with Crippen molar-refractivity contribution in [2.75, 3.05) is 5.32 Å². The van der Waals surface area contributed by atoms with Gasteiger partial charge in [0.15, 0.2) is 9.34 Å². The number of hydrogen-bond acceptors (Lipinski definition) is 6. The van der Waals surface area contributed by atoms with E-state index in [1.165, 1.54) is 6.92 Å². The minimum atomic E-state index is -4.00. The van der Waals surface area contributed by atoms with Gasteiger partial charge in [0.05, 0.1) is 22.2 Å². The van der Waals surface area contributed by atoms with Crippen LogP contribution in [0.3, 0.4) is 0 Å². The van der Waals surface area contributed by atoms with Crippen LogP contribution in [0.2, 0.25) is 10.0 Å². The number of carbonyl (C=O) groups excluding carboxylic acids is 2. The van der Waals surface area contributed by atoms with Crippen molar-refractivity contribution in [3.05, 3.63) is 74.9 Å². The van der Waals surface area contributed by atoms with Gasteiger partial charge in [-0.2, -0.15) is 0 Å². The van der Waals surface area contributed by atoms with Gasteiger partial charge in [-0.05, 0) is 42.7 Å². The minimum absolute atomic E-state index is 0.0243. The zero-order chi connectivity index (χ0) is 28.0. The lowest BCUT2D eigenvalue weighted by molar-refractivity contribution is -0.126. The topological polar surface area (TPSA) is 117 Å². The van der Waals surface area contributed by atoms with Crippen LogP contribution >= 0.6 is 34.5 Å². The molecule has 0 aliphatic heterocycles. The van der Waals surface area contributed by atoms with Crippen LogP contribution in [0.5, 0.6) is 0 Å². The Bertz CT molecular complexity index is 1430. The Labute approximate surface area is 232 Å². The number of sulfonamides is 1. The van der Waals surface area contributed by atoms with Gasteiger partial charge in [-0.15, -0.1) is 0 Å². The van der Waals surface area contributed by atoms with E-state index in [1.807, 2.05) is 6.92 Å². The van der Waals surface area contributed by atoms with Crippen molar-refractivity contribution in [2.24, 2.45) is 0 Å². The number of amides is 2. The van der Waals surface area contributed by atoms with Gasteiger partial charge >= 0.3 is 0 Å². The standard InChI is InChI=1S/C24H24Cl2F2N4O4S2/c1-3-5-19(31-20(33)10-14-8-16(27)11-17(28)9-14)22(34)32-24-30-13(2)23(37-24)38(35,36)29-12-15-6-4-7-18(25)21(15)26/h4,6-9,11,19,29H,3,5,10,12H2,1-2H3,(H,31,33)(H,30,32,34)/t19-/m0/s1. The fourth-order valence-electron chi connectivity index (χ4n) is 3.50. The molecule has 3 rings (SSSR count). The normalized spacial score (nSPS) is 12.3. The first kappa shape index (κ1) is 29.9. The van der Waals surface area contributed by atoms with Crippen molar-refractivity contribution in [3.63, 3.8) is 0 Å². The van der Waals surface area contributed by atoms with Gasteiger partial charge in [-0.25, -0.2) is 26.9 Å². The Hall–Kier alpha value is -2.64. The lowest BCUT2D eigenvalue weighted by Gasteiger charge is -2.17. The molecule has 204 valence electrons. The summed E-state index contributed by atoms with van der Waals surface area (Å²) in [5.41, 5.74) is 0.768. The number of nitrogens with zero attached hydrogens (tertiary/aromatic N) is 1. The third kappa shape index (κ3) is 7.93. The second kappa shape index (κ2) is 12.9. The summed E-state index contributed by atoms with van der Waals surface area (Å²) in [6, 6.07) is 6.65. The molecule has 1 aromatic heterocycles. The molecule has 1 heterocycles. The fraction of sp³-hybridized carbons (Fsp3) is 0.292. The highest BCUT2D eigenvalue weighted by Gasteiger charge is 2.25. The average molecular weight is 606 g/mol. The number of nitrogens with one attached hydrogen (secondary N) is 3. The molecule has 0 spiro atoms. The highest BCUT2D eigenvalue weighted by atomic mass is 35.5. The predicted octanol–water partition coefficient (Wildman–Crippen LogP) is 4.98. The molecule has 8 nitrogen and oxygen atoms in total. The molecule has 0 radical (unpaired) electrons. The van der Waals surface area contributed by atoms with Gasteiger partial charge in [-0.3, -0.25) is 9.59 Å². The van der Waals surface area contributed by atoms with E-state index in [0.29, 0.717) is 23.1 Å². The Morgan fingerprint density at radius 3 is 2.47 bits per heavy atom. The van der Waals surface area contributed by atoms with Gasteiger partial charge in [0.25, 0.3) is 10.0 Å². The maximum Gasteiger partial charge on any atom is 0.252 e. The lowest BCUT2D eigenvalue weighted by Crippen LogP contribution is -2.44. The fourth-order valence-corrected chi connectivity index (χ4v) is 6.36. The van der Waals surface area contributed by atoms with Crippen molar-refractivity contribution >= 4 is 61.5 Å². The number of rotatable bonds is 11. The third-order valence-electron chi connectivity index (χ3n) is 5.23. The van der Waals surface area contributed by atoms with Crippen molar-refractivity contribution in [3.8, 4) is 0 Å². The number of aromatic nitrogens is 1. The molecule has 0 aliphatic rings. The number of thiazole rings is 1. The molecule has 3 aromatic rings. The van der Waals surface area contributed by atoms with Crippen molar-refractivity contribution in [1.82, 2.24) is 15.0 Å². The van der Waals surface area contributed by atoms with Crippen molar-refractivity contribution < 1.29 is 26.8 Å². The van der Waals surface area contributed by atoms with Gasteiger partial charge < -0.3 is 10.6 Å². The predicted molar refractivity (Wildman–Crippen MR) is 143 cm³/mol. The maximum atomic E-state index is 13.4. The Balaban J connectivity index is 1.67. The van der Waals surface area contributed by atoms with E-state index >= 15 is 0 Å². The van der Waals surface area contributed by atoms with E-state index < -0.39 is 39.5 Å². The van der Waals surface area contributed by atoms with E-state index in [9.17, 15) is 26.8 Å². The minimum Gasteiger partial charge on any atom is -0.344 e. The summed E-state index contributed by atoms with van der Waals surface area (Å²) in [5, 5.41) is 5.64. The molecule has 0 bridgehead atoms. The van der Waals surface area contributed by atoms with Gasteiger partial charge in [0.2, 0.25) is 11.8 Å². The highest BCUT2D eigenvalue weighted by Crippen LogP contribution is 2.29. The Morgan fingerprint density at radius 1 is 1.13 bits per heavy atom. The van der Waals surface area contributed by atoms with Crippen LogP contribution in [0, 0.1) is 18.6 Å². The molecule has 2 amide bonds. The van der Waals surface area contributed by atoms with Gasteiger partial charge in [0.1, 0.15) is 17.7 Å². The number of aryl methyl sites for hydroxylation is 1. The maximum absolute atomic E-state index is 13.4. The molecule has 0 unspecified atom stereocenters. The van der Waals surface area contributed by atoms with Crippen LogP contribution < -0.4 is 15.4 Å². The molecule has 0 fully saturated rings. The number of hydrogen-bond donors (Lipinski definition) is 3. The first-order valence-corrected chi connectivity index (χ1v) is 14.4. The molecule has 38 heavy (non-hydrogen) atoms. The van der Waals surface area contributed by atoms with Crippen LogP contribution in [0.4, 0.5) is 13.9 Å². The Morgan fingerprint density at radius 2 is 1.82 bits per heavy atom. The lowest BCUT2D eigenvalue weighted by atomic mass is 10.1. The summed E-state index contributed by atoms with van der Waals surface area (Å²) in [7, 11) is -4.00. The van der Waals surface area contributed by atoms with E-state index in [0.717, 1.165) is 23.5 Å². The first-order valence-electron chi connectivity index (χ1n) is 11.3. The molecule has 3 N–H and O–H groups in total. The molecular weight excluding hydrogens is 581 g/mol. The molecule has 1 atom stereocenters. The quantitative estimate of drug-likeness (QED) is 0.285. The van der Waals surface area contributed by atoms with Crippen LogP contribution in [-0.2, 0) is 32.6 Å². The Kier molecular flexibility index (Phi) is 10.2. The second-order valence-electron chi connectivity index (χ2n) is 8.28. The molecule has 2 aromatic carbocycles. The monoisotopic (exact) mass is 604 g/mol. The number of carbonyl (C=O) groups is 2. The van der Waals surface area contributed by atoms with Crippen LogP contribution in [-0.4, -0.2) is 31.3 Å². The number of benzene rings is 2. The molecule has 0 saturated carbocycles. The third-order valence-corrected chi connectivity index (χ3v) is 9.17. The van der Waals surface area contributed by atoms with Crippen LogP contribution in [0.25, 0.3) is 0 Å². The van der Waals surface area contributed by atoms with Crippen molar-refractivity contribution in [1.29, 1.82) is 0 Å². The summed E-state index contributed by atoms with van der Waals surface area (Å²) in [4.78, 5) is 29.5. The molecular formula is C24H24Cl2F2N4O4S2. The van der Waals surface area contributed by atoms with Gasteiger partial charge in [-0.1, -0.05) is 60.0 Å². The average Bonchev–Trinajstić information content (AvgIpc) is 3.19. The summed E-state index contributed by atoms with van der Waals surface area (Å²) >= 11 is 12.8. The smallest absolute Gasteiger partial charge is 0.252 e. The number of anilines is 1. The van der Waals surface area contributed by atoms with Gasteiger partial charge in [0, 0.05) is 12.6 Å². The van der Waals surface area contributed by atoms with E-state index in [4.69, 9.17) is 23.2 Å². The highest BCUT2D eigenvalue weighted by molar-refractivity contribution is 7.91. The largest absolute Gasteiger partial charge is 0.344 e. The first-order chi connectivity index (χ1) is 17.9. The van der Waals surface area contributed by atoms with Crippen LogP contribution in [0.15, 0.2) is 40.6 Å². The molecule has 0 saturated heterocycles. The SMILES string of the molecule is CCC[C@H](NC(=O)Cc1cc(F)cc(F)c1)C(=O)Nc1nc(C)c(S(=O)(=O)NCc2cccc(Cl)c2Cl)s1. The summed E-state index contributed by atoms with van der Waals surface area (Å²) < 4.78 is 55.0. The molecule has 0 aliphatic carbocycles. The number of halogens is 4. The second-order valence-corrected chi connectivity index (χ2v) is 12.0. The summed E-state index contributed by atoms with van der Waals surface area (Å²) in [6.07, 6.45) is 0.481. The van der Waals surface area contributed by atoms with Crippen LogP contribution in [0.1, 0.15) is 36.6 Å². The van der Waals surface area contributed by atoms with Crippen molar-refractivity contribution in [2.45, 2.75) is 49.9 Å². The summed E-state index contributed by atoms with van der Waals surface area (Å²) in [6.45, 7) is 3.18. The van der Waals surface area contributed by atoms with E-state index in [-0.39, 0.29) is 45.0 Å².